The van der Waals surface area contributed by atoms with Crippen molar-refractivity contribution in [2.45, 2.75) is 38.5 Å². The fraction of sp³-hybridized carbons (Fsp3) is 0.444. The molecule has 21 heavy (non-hydrogen) atoms. The summed E-state index contributed by atoms with van der Waals surface area (Å²) in [5, 5.41) is 0. The molecule has 1 aliphatic carbocycles. The molecular formula is C18H23N3. The van der Waals surface area contributed by atoms with Crippen molar-refractivity contribution in [1.29, 1.82) is 0 Å². The number of fused-ring (bicyclic) bond motifs is 1. The number of aryl methyl sites for hydroxylation is 1. The van der Waals surface area contributed by atoms with Crippen LogP contribution in [0.4, 0.5) is 0 Å². The maximum absolute atomic E-state index is 5.79. The first-order valence-electron chi connectivity index (χ1n) is 7.72. The molecule has 1 aliphatic rings. The molecule has 1 unspecified atom stereocenters. The van der Waals surface area contributed by atoms with Gasteiger partial charge in [-0.25, -0.2) is 9.97 Å². The third kappa shape index (κ3) is 2.70. The van der Waals surface area contributed by atoms with Gasteiger partial charge in [-0.15, -0.1) is 0 Å². The van der Waals surface area contributed by atoms with Gasteiger partial charge >= 0.3 is 0 Å². The minimum absolute atomic E-state index is 0.166. The van der Waals surface area contributed by atoms with Gasteiger partial charge in [-0.2, -0.15) is 0 Å². The number of rotatable bonds is 3. The fourth-order valence-electron chi connectivity index (χ4n) is 3.07. The highest BCUT2D eigenvalue weighted by molar-refractivity contribution is 5.32. The van der Waals surface area contributed by atoms with Gasteiger partial charge in [-0.3, -0.25) is 0 Å². The van der Waals surface area contributed by atoms with Crippen LogP contribution in [0.2, 0.25) is 0 Å². The summed E-state index contributed by atoms with van der Waals surface area (Å²) in [6.45, 7) is 5.14. The smallest absolute Gasteiger partial charge is 0.138 e. The van der Waals surface area contributed by atoms with Crippen LogP contribution in [-0.4, -0.2) is 16.5 Å². The summed E-state index contributed by atoms with van der Waals surface area (Å²) in [5.74, 6) is 1.51. The van der Waals surface area contributed by atoms with Crippen molar-refractivity contribution < 1.29 is 0 Å². The molecule has 1 aromatic heterocycles. The van der Waals surface area contributed by atoms with E-state index in [4.69, 9.17) is 10.7 Å². The number of nitrogens with two attached hydrogens (primary N) is 1. The predicted molar refractivity (Wildman–Crippen MR) is 85.2 cm³/mol. The summed E-state index contributed by atoms with van der Waals surface area (Å²) in [5.41, 5.74) is 9.38. The second-order valence-electron chi connectivity index (χ2n) is 6.50. The molecule has 0 fully saturated rings. The molecule has 3 nitrogen and oxygen atoms in total. The van der Waals surface area contributed by atoms with Crippen LogP contribution in [0.5, 0.6) is 0 Å². The molecule has 0 saturated heterocycles. The van der Waals surface area contributed by atoms with E-state index >= 15 is 0 Å². The van der Waals surface area contributed by atoms with Crippen LogP contribution in [0.15, 0.2) is 36.5 Å². The lowest BCUT2D eigenvalue weighted by Crippen LogP contribution is -2.27. The highest BCUT2D eigenvalue weighted by atomic mass is 14.9. The van der Waals surface area contributed by atoms with Gasteiger partial charge in [0.05, 0.1) is 0 Å². The predicted octanol–water partition coefficient (Wildman–Crippen LogP) is 2.87. The normalized spacial score (nSPS) is 18.3. The molecule has 0 aliphatic heterocycles. The maximum atomic E-state index is 5.79. The average Bonchev–Trinajstić information content (AvgIpc) is 2.54. The molecule has 0 amide bonds. The molecule has 0 spiro atoms. The van der Waals surface area contributed by atoms with Gasteiger partial charge in [0.1, 0.15) is 5.82 Å². The molecule has 3 rings (SSSR count). The van der Waals surface area contributed by atoms with Crippen molar-refractivity contribution in [3.8, 4) is 0 Å². The number of hydrogen-bond donors (Lipinski definition) is 1. The molecule has 110 valence electrons. The lowest BCUT2D eigenvalue weighted by atomic mass is 9.82. The monoisotopic (exact) mass is 281 g/mol. The van der Waals surface area contributed by atoms with Gasteiger partial charge in [0.2, 0.25) is 0 Å². The van der Waals surface area contributed by atoms with Crippen molar-refractivity contribution in [1.82, 2.24) is 9.97 Å². The Morgan fingerprint density at radius 1 is 1.24 bits per heavy atom. The standard InChI is InChI=1S/C18H23N3/c1-18(2,15-6-4-3-5-7-15)17-20-12-14-10-13(11-19)8-9-16(14)21-17/h3-7,12-13H,8-11,19H2,1-2H3. The van der Waals surface area contributed by atoms with E-state index < -0.39 is 0 Å². The first-order valence-corrected chi connectivity index (χ1v) is 7.72. The Hall–Kier alpha value is -1.74. The summed E-state index contributed by atoms with van der Waals surface area (Å²) < 4.78 is 0. The highest BCUT2D eigenvalue weighted by Gasteiger charge is 2.28. The van der Waals surface area contributed by atoms with E-state index in [1.165, 1.54) is 16.8 Å². The van der Waals surface area contributed by atoms with E-state index in [0.29, 0.717) is 5.92 Å². The first kappa shape index (κ1) is 14.2. The molecule has 1 heterocycles. The molecule has 2 N–H and O–H groups in total. The lowest BCUT2D eigenvalue weighted by molar-refractivity contribution is 0.456. The van der Waals surface area contributed by atoms with Crippen LogP contribution in [-0.2, 0) is 18.3 Å². The van der Waals surface area contributed by atoms with E-state index in [1.54, 1.807) is 0 Å². The van der Waals surface area contributed by atoms with Gasteiger partial charge in [0, 0.05) is 17.3 Å². The summed E-state index contributed by atoms with van der Waals surface area (Å²) in [6.07, 6.45) is 5.21. The summed E-state index contributed by atoms with van der Waals surface area (Å²) in [7, 11) is 0. The van der Waals surface area contributed by atoms with E-state index in [2.05, 4.69) is 43.1 Å². The summed E-state index contributed by atoms with van der Waals surface area (Å²) >= 11 is 0. The van der Waals surface area contributed by atoms with Crippen molar-refractivity contribution in [2.75, 3.05) is 6.54 Å². The largest absolute Gasteiger partial charge is 0.330 e. The van der Waals surface area contributed by atoms with Crippen LogP contribution < -0.4 is 5.73 Å². The second kappa shape index (κ2) is 5.57. The SMILES string of the molecule is CC(C)(c1ccccc1)c1ncc2c(n1)CCC(CN)C2. The van der Waals surface area contributed by atoms with Crippen molar-refractivity contribution in [3.05, 3.63) is 59.2 Å². The number of hydrogen-bond acceptors (Lipinski definition) is 3. The van der Waals surface area contributed by atoms with Gasteiger partial charge in [0.15, 0.2) is 0 Å². The molecule has 3 heteroatoms. The Kier molecular flexibility index (Phi) is 3.77. The van der Waals surface area contributed by atoms with Gasteiger partial charge in [-0.1, -0.05) is 30.3 Å². The van der Waals surface area contributed by atoms with E-state index in [9.17, 15) is 0 Å². The fourth-order valence-corrected chi connectivity index (χ4v) is 3.07. The molecule has 1 aromatic carbocycles. The first-order chi connectivity index (χ1) is 10.1. The topological polar surface area (TPSA) is 51.8 Å². The van der Waals surface area contributed by atoms with Gasteiger partial charge in [-0.05, 0) is 56.7 Å². The van der Waals surface area contributed by atoms with E-state index in [-0.39, 0.29) is 5.41 Å². The molecule has 0 saturated carbocycles. The van der Waals surface area contributed by atoms with Crippen LogP contribution in [0, 0.1) is 5.92 Å². The Morgan fingerprint density at radius 3 is 2.71 bits per heavy atom. The lowest BCUT2D eigenvalue weighted by Gasteiger charge is -2.27. The van der Waals surface area contributed by atoms with E-state index in [0.717, 1.165) is 31.6 Å². The number of aromatic nitrogens is 2. The summed E-state index contributed by atoms with van der Waals surface area (Å²) in [4.78, 5) is 9.54. The Bertz CT molecular complexity index is 620. The minimum Gasteiger partial charge on any atom is -0.330 e. The zero-order valence-electron chi connectivity index (χ0n) is 12.8. The number of nitrogens with zero attached hydrogens (tertiary/aromatic N) is 2. The average molecular weight is 281 g/mol. The van der Waals surface area contributed by atoms with Crippen molar-refractivity contribution in [3.63, 3.8) is 0 Å². The Labute approximate surface area is 126 Å². The zero-order valence-corrected chi connectivity index (χ0v) is 12.8. The molecule has 1 atom stereocenters. The van der Waals surface area contributed by atoms with Crippen molar-refractivity contribution in [2.24, 2.45) is 11.7 Å². The van der Waals surface area contributed by atoms with E-state index in [1.807, 2.05) is 12.3 Å². The van der Waals surface area contributed by atoms with Crippen LogP contribution >= 0.6 is 0 Å². The second-order valence-corrected chi connectivity index (χ2v) is 6.50. The Morgan fingerprint density at radius 2 is 2.00 bits per heavy atom. The van der Waals surface area contributed by atoms with Crippen molar-refractivity contribution >= 4 is 0 Å². The zero-order chi connectivity index (χ0) is 14.9. The van der Waals surface area contributed by atoms with Crippen LogP contribution in [0.1, 0.15) is 42.9 Å². The molecule has 2 aromatic rings. The molecule has 0 bridgehead atoms. The van der Waals surface area contributed by atoms with Crippen LogP contribution in [0.25, 0.3) is 0 Å². The molecule has 0 radical (unpaired) electrons. The minimum atomic E-state index is -0.166. The summed E-state index contributed by atoms with van der Waals surface area (Å²) in [6, 6.07) is 10.5. The van der Waals surface area contributed by atoms with Gasteiger partial charge < -0.3 is 5.73 Å². The van der Waals surface area contributed by atoms with Crippen LogP contribution in [0.3, 0.4) is 0 Å². The highest BCUT2D eigenvalue weighted by Crippen LogP contribution is 2.31. The maximum Gasteiger partial charge on any atom is 0.138 e. The molecular weight excluding hydrogens is 258 g/mol. The third-order valence-electron chi connectivity index (χ3n) is 4.64. The number of benzene rings is 1. The quantitative estimate of drug-likeness (QED) is 0.941. The Balaban J connectivity index is 1.94. The van der Waals surface area contributed by atoms with Gasteiger partial charge in [0.25, 0.3) is 0 Å². The third-order valence-corrected chi connectivity index (χ3v) is 4.64.